The Balaban J connectivity index is 1.65. The van der Waals surface area contributed by atoms with Crippen molar-refractivity contribution in [2.75, 3.05) is 0 Å². The van der Waals surface area contributed by atoms with Crippen molar-refractivity contribution in [3.05, 3.63) is 42.1 Å². The molecule has 1 aliphatic carbocycles. The summed E-state index contributed by atoms with van der Waals surface area (Å²) in [6.07, 6.45) is 6.12. The van der Waals surface area contributed by atoms with Crippen molar-refractivity contribution in [2.45, 2.75) is 38.1 Å². The molecule has 120 valence electrons. The summed E-state index contributed by atoms with van der Waals surface area (Å²) in [5.74, 6) is 0.409. The number of pyridine rings is 1. The number of nitrogens with zero attached hydrogens (tertiary/aromatic N) is 1. The fourth-order valence-corrected chi connectivity index (χ4v) is 3.55. The second-order valence-corrected chi connectivity index (χ2v) is 6.64. The molecule has 0 saturated heterocycles. The summed E-state index contributed by atoms with van der Waals surface area (Å²) in [6.45, 7) is 0. The maximum absolute atomic E-state index is 12.6. The molecule has 1 fully saturated rings. The largest absolute Gasteiger partial charge is 0.502 e. The van der Waals surface area contributed by atoms with Crippen LogP contribution < -0.4 is 5.32 Å². The lowest BCUT2D eigenvalue weighted by atomic mass is 9.84. The number of carbonyl (C=O) groups is 1. The lowest BCUT2D eigenvalue weighted by molar-refractivity contribution is 0.0923. The van der Waals surface area contributed by atoms with E-state index < -0.39 is 0 Å². The van der Waals surface area contributed by atoms with E-state index in [4.69, 9.17) is 12.2 Å². The lowest BCUT2D eigenvalue weighted by Gasteiger charge is -2.28. The van der Waals surface area contributed by atoms with Gasteiger partial charge in [-0.25, -0.2) is 0 Å². The Morgan fingerprint density at radius 1 is 1.22 bits per heavy atom. The van der Waals surface area contributed by atoms with Gasteiger partial charge in [0.2, 0.25) is 0 Å². The number of thiocarbonyl (C=S) groups is 1. The quantitative estimate of drug-likeness (QED) is 0.838. The highest BCUT2D eigenvalue weighted by molar-refractivity contribution is 7.80. The first-order valence-corrected chi connectivity index (χ1v) is 8.40. The van der Waals surface area contributed by atoms with Crippen LogP contribution in [0.15, 0.2) is 36.5 Å². The van der Waals surface area contributed by atoms with E-state index in [1.807, 2.05) is 24.3 Å². The number of benzene rings is 1. The average molecular weight is 328 g/mol. The number of carbonyl (C=O) groups excluding carboxylic acids is 1. The fraction of sp³-hybridized carbons (Fsp3) is 0.389. The minimum atomic E-state index is -0.0373. The van der Waals surface area contributed by atoms with Crippen LogP contribution in [0.4, 0.5) is 0 Å². The third-order valence-corrected chi connectivity index (χ3v) is 4.71. The van der Waals surface area contributed by atoms with Gasteiger partial charge in [-0.3, -0.25) is 9.78 Å². The van der Waals surface area contributed by atoms with Gasteiger partial charge in [-0.1, -0.05) is 18.2 Å². The molecule has 0 spiro atoms. The van der Waals surface area contributed by atoms with Gasteiger partial charge >= 0.3 is 0 Å². The van der Waals surface area contributed by atoms with Gasteiger partial charge in [-0.05, 0) is 56.0 Å². The SMILES string of the molecule is O=C(N[C@H]1CC[C@H](CC(O)=S)CC1)c1ccnc2ccccc12. The molecule has 1 aliphatic rings. The van der Waals surface area contributed by atoms with E-state index in [1.165, 1.54) is 0 Å². The molecule has 0 unspecified atom stereocenters. The molecule has 1 saturated carbocycles. The smallest absolute Gasteiger partial charge is 0.252 e. The highest BCUT2D eigenvalue weighted by atomic mass is 32.1. The summed E-state index contributed by atoms with van der Waals surface area (Å²) in [4.78, 5) is 16.9. The van der Waals surface area contributed by atoms with Crippen molar-refractivity contribution in [1.82, 2.24) is 10.3 Å². The first kappa shape index (κ1) is 15.9. The number of hydrogen-bond donors (Lipinski definition) is 2. The van der Waals surface area contributed by atoms with E-state index >= 15 is 0 Å². The summed E-state index contributed by atoms with van der Waals surface area (Å²) in [6, 6.07) is 9.64. The molecule has 2 N–H and O–H groups in total. The van der Waals surface area contributed by atoms with Crippen LogP contribution >= 0.6 is 12.2 Å². The van der Waals surface area contributed by atoms with Gasteiger partial charge in [0.15, 0.2) is 5.05 Å². The van der Waals surface area contributed by atoms with E-state index in [0.29, 0.717) is 17.9 Å². The summed E-state index contributed by atoms with van der Waals surface area (Å²) in [5.41, 5.74) is 1.51. The highest BCUT2D eigenvalue weighted by Crippen LogP contribution is 2.27. The second kappa shape index (κ2) is 7.04. The number of aromatic nitrogens is 1. The molecular weight excluding hydrogens is 308 g/mol. The molecule has 1 aromatic heterocycles. The Kier molecular flexibility index (Phi) is 4.86. The maximum Gasteiger partial charge on any atom is 0.252 e. The van der Waals surface area contributed by atoms with Crippen LogP contribution in [0.3, 0.4) is 0 Å². The summed E-state index contributed by atoms with van der Waals surface area (Å²) in [5, 5.41) is 13.3. The van der Waals surface area contributed by atoms with E-state index in [1.54, 1.807) is 12.3 Å². The van der Waals surface area contributed by atoms with Crippen molar-refractivity contribution in [3.63, 3.8) is 0 Å². The first-order chi connectivity index (χ1) is 11.1. The standard InChI is InChI=1S/C18H20N2O2S/c21-17(23)11-12-5-7-13(8-6-12)20-18(22)15-9-10-19-16-4-2-1-3-14(15)16/h1-4,9-10,12-13H,5-8,11H2,(H,20,22)(H,21,23)/t12-,13-. The monoisotopic (exact) mass is 328 g/mol. The van der Waals surface area contributed by atoms with Gasteiger partial charge in [0.25, 0.3) is 5.91 Å². The van der Waals surface area contributed by atoms with E-state index in [-0.39, 0.29) is 17.0 Å². The molecule has 0 aliphatic heterocycles. The highest BCUT2D eigenvalue weighted by Gasteiger charge is 2.24. The molecule has 2 aromatic rings. The summed E-state index contributed by atoms with van der Waals surface area (Å²) in [7, 11) is 0. The number of amides is 1. The van der Waals surface area contributed by atoms with E-state index in [0.717, 1.165) is 36.6 Å². The topological polar surface area (TPSA) is 62.2 Å². The van der Waals surface area contributed by atoms with Crippen molar-refractivity contribution in [2.24, 2.45) is 5.92 Å². The number of fused-ring (bicyclic) bond motifs is 1. The van der Waals surface area contributed by atoms with Crippen LogP contribution in [0.5, 0.6) is 0 Å². The zero-order chi connectivity index (χ0) is 16.2. The Bertz CT molecular complexity index is 719. The average Bonchev–Trinajstić information content (AvgIpc) is 2.55. The Morgan fingerprint density at radius 2 is 1.96 bits per heavy atom. The number of aliphatic hydroxyl groups excluding tert-OH is 1. The Labute approximate surface area is 140 Å². The normalized spacial score (nSPS) is 21.0. The molecule has 23 heavy (non-hydrogen) atoms. The molecule has 3 rings (SSSR count). The third-order valence-electron chi connectivity index (χ3n) is 4.54. The maximum atomic E-state index is 12.6. The zero-order valence-electron chi connectivity index (χ0n) is 12.9. The molecule has 0 atom stereocenters. The van der Waals surface area contributed by atoms with Crippen LogP contribution in [-0.4, -0.2) is 27.1 Å². The molecule has 1 amide bonds. The molecule has 0 radical (unpaired) electrons. The first-order valence-electron chi connectivity index (χ1n) is 8.00. The molecule has 4 nitrogen and oxygen atoms in total. The van der Waals surface area contributed by atoms with Gasteiger partial charge in [-0.15, -0.1) is 0 Å². The lowest BCUT2D eigenvalue weighted by Crippen LogP contribution is -2.38. The second-order valence-electron chi connectivity index (χ2n) is 6.16. The number of rotatable bonds is 4. The minimum absolute atomic E-state index is 0.0373. The van der Waals surface area contributed by atoms with Crippen molar-refractivity contribution in [3.8, 4) is 0 Å². The van der Waals surface area contributed by atoms with Gasteiger partial charge in [0.1, 0.15) is 0 Å². The van der Waals surface area contributed by atoms with E-state index in [9.17, 15) is 9.90 Å². The number of aliphatic hydroxyl groups is 1. The van der Waals surface area contributed by atoms with Gasteiger partial charge < -0.3 is 10.4 Å². The summed E-state index contributed by atoms with van der Waals surface area (Å²) < 4.78 is 0. The van der Waals surface area contributed by atoms with Gasteiger partial charge in [0.05, 0.1) is 11.1 Å². The summed E-state index contributed by atoms with van der Waals surface area (Å²) >= 11 is 4.76. The predicted molar refractivity (Wildman–Crippen MR) is 94.8 cm³/mol. The third kappa shape index (κ3) is 3.85. The molecule has 5 heteroatoms. The fourth-order valence-electron chi connectivity index (χ4n) is 3.31. The molecule has 0 bridgehead atoms. The number of para-hydroxylation sites is 1. The van der Waals surface area contributed by atoms with Gasteiger partial charge in [-0.2, -0.15) is 0 Å². The van der Waals surface area contributed by atoms with Crippen LogP contribution in [0, 0.1) is 5.92 Å². The van der Waals surface area contributed by atoms with Gasteiger partial charge in [0, 0.05) is 24.0 Å². The minimum Gasteiger partial charge on any atom is -0.502 e. The van der Waals surface area contributed by atoms with E-state index in [2.05, 4.69) is 10.3 Å². The molecule has 1 aromatic carbocycles. The van der Waals surface area contributed by atoms with Crippen LogP contribution in [0.1, 0.15) is 42.5 Å². The van der Waals surface area contributed by atoms with Crippen LogP contribution in [0.25, 0.3) is 10.9 Å². The molecular formula is C18H20N2O2S. The Hall–Kier alpha value is -2.01. The van der Waals surface area contributed by atoms with Crippen LogP contribution in [-0.2, 0) is 0 Å². The zero-order valence-corrected chi connectivity index (χ0v) is 13.7. The van der Waals surface area contributed by atoms with Crippen molar-refractivity contribution < 1.29 is 9.90 Å². The predicted octanol–water partition coefficient (Wildman–Crippen LogP) is 3.80. The van der Waals surface area contributed by atoms with Crippen LogP contribution in [0.2, 0.25) is 0 Å². The number of hydrogen-bond acceptors (Lipinski definition) is 3. The van der Waals surface area contributed by atoms with Crippen molar-refractivity contribution in [1.29, 1.82) is 0 Å². The number of nitrogens with one attached hydrogen (secondary N) is 1. The van der Waals surface area contributed by atoms with Crippen molar-refractivity contribution >= 4 is 34.1 Å². The Morgan fingerprint density at radius 3 is 2.70 bits per heavy atom. The molecule has 1 heterocycles.